The van der Waals surface area contributed by atoms with E-state index in [2.05, 4.69) is 10.6 Å². The fourth-order valence-electron chi connectivity index (χ4n) is 2.21. The Balaban J connectivity index is 1.85. The molecule has 0 aromatic carbocycles. The molecule has 2 fully saturated rings. The summed E-state index contributed by atoms with van der Waals surface area (Å²) >= 11 is 0. The van der Waals surface area contributed by atoms with E-state index in [0.717, 1.165) is 52.1 Å². The van der Waals surface area contributed by atoms with Crippen molar-refractivity contribution >= 4 is 5.91 Å². The number of carbonyl (C=O) groups excluding carboxylic acids is 1. The minimum Gasteiger partial charge on any atom is -0.340 e. The first-order valence-electron chi connectivity index (χ1n) is 5.58. The molecule has 2 N–H and O–H groups in total. The van der Waals surface area contributed by atoms with Gasteiger partial charge in [0.25, 0.3) is 0 Å². The maximum atomic E-state index is 12.0. The highest BCUT2D eigenvalue weighted by Gasteiger charge is 2.26. The van der Waals surface area contributed by atoms with Crippen LogP contribution in [0.4, 0.5) is 0 Å². The first-order valence-corrected chi connectivity index (χ1v) is 5.58. The summed E-state index contributed by atoms with van der Waals surface area (Å²) in [6.07, 6.45) is 2.21. The number of rotatable bonds is 1. The van der Waals surface area contributed by atoms with Crippen LogP contribution in [0.3, 0.4) is 0 Å². The lowest BCUT2D eigenvalue weighted by Crippen LogP contribution is -2.50. The van der Waals surface area contributed by atoms with E-state index in [1.165, 1.54) is 0 Å². The Hall–Kier alpha value is -0.610. The van der Waals surface area contributed by atoms with Gasteiger partial charge in [0, 0.05) is 32.7 Å². The molecule has 2 saturated heterocycles. The molecule has 14 heavy (non-hydrogen) atoms. The number of nitrogens with one attached hydrogen (secondary N) is 2. The molecule has 0 bridgehead atoms. The van der Waals surface area contributed by atoms with Crippen molar-refractivity contribution in [2.75, 3.05) is 39.3 Å². The van der Waals surface area contributed by atoms with E-state index >= 15 is 0 Å². The average Bonchev–Trinajstić information content (AvgIpc) is 2.30. The van der Waals surface area contributed by atoms with Crippen LogP contribution in [0.25, 0.3) is 0 Å². The van der Waals surface area contributed by atoms with Crippen molar-refractivity contribution in [3.8, 4) is 0 Å². The molecule has 2 rings (SSSR count). The third-order valence-corrected chi connectivity index (χ3v) is 3.07. The minimum absolute atomic E-state index is 0.238. The van der Waals surface area contributed by atoms with Crippen LogP contribution >= 0.6 is 0 Å². The van der Waals surface area contributed by atoms with Gasteiger partial charge in [0.05, 0.1) is 5.92 Å². The van der Waals surface area contributed by atoms with Gasteiger partial charge in [0.2, 0.25) is 5.91 Å². The summed E-state index contributed by atoms with van der Waals surface area (Å²) in [6.45, 7) is 5.62. The van der Waals surface area contributed by atoms with Crippen LogP contribution in [0.1, 0.15) is 12.8 Å². The quantitative estimate of drug-likeness (QED) is 0.591. The second-order valence-electron chi connectivity index (χ2n) is 4.12. The van der Waals surface area contributed by atoms with Gasteiger partial charge in [-0.3, -0.25) is 4.79 Å². The Labute approximate surface area is 85.0 Å². The SMILES string of the molecule is O=C([C@@H]1CCCNC1)N1CCNCC1. The van der Waals surface area contributed by atoms with E-state index in [0.29, 0.717) is 5.91 Å². The molecule has 0 unspecified atom stereocenters. The van der Waals surface area contributed by atoms with Crippen LogP contribution in [0.15, 0.2) is 0 Å². The molecular formula is C10H19N3O. The van der Waals surface area contributed by atoms with Crippen molar-refractivity contribution < 1.29 is 4.79 Å². The summed E-state index contributed by atoms with van der Waals surface area (Å²) in [6, 6.07) is 0. The Kier molecular flexibility index (Phi) is 3.37. The predicted octanol–water partition coefficient (Wildman–Crippen LogP) is -0.582. The first kappa shape index (κ1) is 9.93. The van der Waals surface area contributed by atoms with Gasteiger partial charge in [0.15, 0.2) is 0 Å². The number of amides is 1. The van der Waals surface area contributed by atoms with E-state index in [-0.39, 0.29) is 5.92 Å². The van der Waals surface area contributed by atoms with E-state index in [1.807, 2.05) is 4.90 Å². The third-order valence-electron chi connectivity index (χ3n) is 3.07. The topological polar surface area (TPSA) is 44.4 Å². The molecule has 1 atom stereocenters. The number of carbonyl (C=O) groups is 1. The Morgan fingerprint density at radius 1 is 1.14 bits per heavy atom. The maximum absolute atomic E-state index is 12.0. The minimum atomic E-state index is 0.238. The summed E-state index contributed by atoms with van der Waals surface area (Å²) in [7, 11) is 0. The molecule has 4 heteroatoms. The maximum Gasteiger partial charge on any atom is 0.227 e. The molecule has 1 amide bonds. The molecule has 0 aromatic rings. The molecule has 0 spiro atoms. The van der Waals surface area contributed by atoms with Gasteiger partial charge in [-0.25, -0.2) is 0 Å². The number of hydrogen-bond donors (Lipinski definition) is 2. The molecule has 2 aliphatic rings. The summed E-state index contributed by atoms with van der Waals surface area (Å²) in [5, 5.41) is 6.55. The monoisotopic (exact) mass is 197 g/mol. The van der Waals surface area contributed by atoms with Crippen LogP contribution in [-0.2, 0) is 4.79 Å². The van der Waals surface area contributed by atoms with Crippen molar-refractivity contribution in [3.63, 3.8) is 0 Å². The number of piperazine rings is 1. The fourth-order valence-corrected chi connectivity index (χ4v) is 2.21. The Morgan fingerprint density at radius 3 is 2.57 bits per heavy atom. The highest BCUT2D eigenvalue weighted by molar-refractivity contribution is 5.79. The predicted molar refractivity (Wildman–Crippen MR) is 55.0 cm³/mol. The lowest BCUT2D eigenvalue weighted by molar-refractivity contribution is -0.136. The highest BCUT2D eigenvalue weighted by atomic mass is 16.2. The number of nitrogens with zero attached hydrogens (tertiary/aromatic N) is 1. The fraction of sp³-hybridized carbons (Fsp3) is 0.900. The Morgan fingerprint density at radius 2 is 1.93 bits per heavy atom. The van der Waals surface area contributed by atoms with E-state index < -0.39 is 0 Å². The number of hydrogen-bond acceptors (Lipinski definition) is 3. The first-order chi connectivity index (χ1) is 6.88. The van der Waals surface area contributed by atoms with Crippen LogP contribution in [0.2, 0.25) is 0 Å². The molecule has 0 saturated carbocycles. The standard InChI is InChI=1S/C10H19N3O/c14-10(9-2-1-3-12-8-9)13-6-4-11-5-7-13/h9,11-12H,1-8H2/t9-/m1/s1. The van der Waals surface area contributed by atoms with Crippen molar-refractivity contribution in [3.05, 3.63) is 0 Å². The second kappa shape index (κ2) is 4.75. The van der Waals surface area contributed by atoms with Crippen molar-refractivity contribution in [2.45, 2.75) is 12.8 Å². The molecule has 2 heterocycles. The van der Waals surface area contributed by atoms with Crippen molar-refractivity contribution in [1.29, 1.82) is 0 Å². The summed E-state index contributed by atoms with van der Waals surface area (Å²) < 4.78 is 0. The Bertz CT molecular complexity index is 176. The molecular weight excluding hydrogens is 178 g/mol. The number of piperidine rings is 1. The van der Waals surface area contributed by atoms with Gasteiger partial charge in [-0.15, -0.1) is 0 Å². The zero-order chi connectivity index (χ0) is 9.80. The molecule has 80 valence electrons. The lowest BCUT2D eigenvalue weighted by Gasteiger charge is -2.32. The highest BCUT2D eigenvalue weighted by Crippen LogP contribution is 2.13. The molecule has 0 aliphatic carbocycles. The summed E-state index contributed by atoms with van der Waals surface area (Å²) in [4.78, 5) is 14.0. The largest absolute Gasteiger partial charge is 0.340 e. The van der Waals surface area contributed by atoms with Crippen LogP contribution in [0, 0.1) is 5.92 Å². The van der Waals surface area contributed by atoms with Gasteiger partial charge in [-0.1, -0.05) is 0 Å². The van der Waals surface area contributed by atoms with E-state index in [4.69, 9.17) is 0 Å². The van der Waals surface area contributed by atoms with Gasteiger partial charge >= 0.3 is 0 Å². The van der Waals surface area contributed by atoms with E-state index in [9.17, 15) is 4.79 Å². The normalized spacial score (nSPS) is 28.9. The van der Waals surface area contributed by atoms with Crippen LogP contribution in [-0.4, -0.2) is 50.1 Å². The zero-order valence-electron chi connectivity index (χ0n) is 8.59. The van der Waals surface area contributed by atoms with Crippen LogP contribution in [0.5, 0.6) is 0 Å². The van der Waals surface area contributed by atoms with Crippen LogP contribution < -0.4 is 10.6 Å². The smallest absolute Gasteiger partial charge is 0.227 e. The lowest BCUT2D eigenvalue weighted by atomic mass is 9.98. The zero-order valence-corrected chi connectivity index (χ0v) is 8.59. The summed E-state index contributed by atoms with van der Waals surface area (Å²) in [5.74, 6) is 0.598. The molecule has 0 aromatic heterocycles. The van der Waals surface area contributed by atoms with E-state index in [1.54, 1.807) is 0 Å². The summed E-state index contributed by atoms with van der Waals surface area (Å²) in [5.41, 5.74) is 0. The van der Waals surface area contributed by atoms with Crippen molar-refractivity contribution in [2.24, 2.45) is 5.92 Å². The second-order valence-corrected chi connectivity index (χ2v) is 4.12. The average molecular weight is 197 g/mol. The molecule has 2 aliphatic heterocycles. The molecule has 0 radical (unpaired) electrons. The third kappa shape index (κ3) is 2.25. The van der Waals surface area contributed by atoms with Gasteiger partial charge in [-0.2, -0.15) is 0 Å². The van der Waals surface area contributed by atoms with Gasteiger partial charge in [-0.05, 0) is 19.4 Å². The van der Waals surface area contributed by atoms with Gasteiger partial charge < -0.3 is 15.5 Å². The molecule has 4 nitrogen and oxygen atoms in total. The van der Waals surface area contributed by atoms with Crippen molar-refractivity contribution in [1.82, 2.24) is 15.5 Å². The van der Waals surface area contributed by atoms with Gasteiger partial charge in [0.1, 0.15) is 0 Å².